The van der Waals surface area contributed by atoms with Gasteiger partial charge in [0, 0.05) is 5.70 Å². The lowest BCUT2D eigenvalue weighted by Crippen LogP contribution is -2.47. The fourth-order valence-electron chi connectivity index (χ4n) is 3.29. The molecule has 7 nitrogen and oxygen atoms in total. The van der Waals surface area contributed by atoms with Gasteiger partial charge in [-0.25, -0.2) is 9.59 Å². The Morgan fingerprint density at radius 3 is 2.47 bits per heavy atom. The molecule has 7 heteroatoms. The van der Waals surface area contributed by atoms with Crippen LogP contribution >= 0.6 is 0 Å². The average Bonchev–Trinajstić information content (AvgIpc) is 2.71. The molecule has 3 rings (SSSR count). The number of carbonyl (C=O) groups excluding carboxylic acids is 2. The van der Waals surface area contributed by atoms with Crippen molar-refractivity contribution in [3.8, 4) is 11.5 Å². The quantitative estimate of drug-likeness (QED) is 0.496. The zero-order valence-corrected chi connectivity index (χ0v) is 17.3. The van der Waals surface area contributed by atoms with E-state index in [1.54, 1.807) is 13.0 Å². The number of nitrogens with one attached hydrogen (secondary N) is 1. The smallest absolute Gasteiger partial charge is 0.338 e. The van der Waals surface area contributed by atoms with Crippen LogP contribution in [0.5, 0.6) is 11.5 Å². The Labute approximate surface area is 175 Å². The van der Waals surface area contributed by atoms with E-state index in [9.17, 15) is 19.8 Å². The molecule has 158 valence electrons. The number of esters is 1. The zero-order chi connectivity index (χ0) is 21.8. The first-order chi connectivity index (χ1) is 14.3. The van der Waals surface area contributed by atoms with Crippen molar-refractivity contribution >= 4 is 12.0 Å². The second-order valence-corrected chi connectivity index (χ2v) is 7.69. The first-order valence-electron chi connectivity index (χ1n) is 9.79. The second-order valence-electron chi connectivity index (χ2n) is 7.69. The number of hydrogen-bond acceptors (Lipinski definition) is 5. The van der Waals surface area contributed by atoms with E-state index in [4.69, 9.17) is 4.74 Å². The minimum absolute atomic E-state index is 0.157. The number of aromatic hydroxyl groups is 2. The molecular weight excluding hydrogens is 384 g/mol. The molecule has 0 saturated carbocycles. The van der Waals surface area contributed by atoms with Crippen LogP contribution in [0.2, 0.25) is 0 Å². The van der Waals surface area contributed by atoms with Crippen molar-refractivity contribution in [2.24, 2.45) is 5.92 Å². The van der Waals surface area contributed by atoms with Gasteiger partial charge in [0.1, 0.15) is 0 Å². The maximum absolute atomic E-state index is 13.0. The van der Waals surface area contributed by atoms with E-state index >= 15 is 0 Å². The van der Waals surface area contributed by atoms with Crippen LogP contribution in [0.4, 0.5) is 4.79 Å². The van der Waals surface area contributed by atoms with Crippen molar-refractivity contribution in [2.75, 3.05) is 6.61 Å². The topological polar surface area (TPSA) is 99.1 Å². The van der Waals surface area contributed by atoms with Crippen molar-refractivity contribution in [1.82, 2.24) is 10.2 Å². The van der Waals surface area contributed by atoms with Crippen LogP contribution in [0.3, 0.4) is 0 Å². The highest BCUT2D eigenvalue weighted by molar-refractivity contribution is 5.95. The van der Waals surface area contributed by atoms with Crippen LogP contribution in [0.25, 0.3) is 0 Å². The molecule has 0 saturated heterocycles. The van der Waals surface area contributed by atoms with Gasteiger partial charge < -0.3 is 20.3 Å². The van der Waals surface area contributed by atoms with E-state index in [0.29, 0.717) is 17.8 Å². The minimum atomic E-state index is -0.810. The van der Waals surface area contributed by atoms with Crippen LogP contribution in [-0.2, 0) is 16.1 Å². The van der Waals surface area contributed by atoms with E-state index in [1.165, 1.54) is 17.0 Å². The highest BCUT2D eigenvalue weighted by Crippen LogP contribution is 2.35. The Hall–Kier alpha value is -3.48. The predicted octanol–water partition coefficient (Wildman–Crippen LogP) is 3.84. The molecule has 0 aromatic heterocycles. The summed E-state index contributed by atoms with van der Waals surface area (Å²) in [6.45, 7) is 6.13. The number of benzene rings is 2. The molecule has 0 radical (unpaired) electrons. The van der Waals surface area contributed by atoms with E-state index < -0.39 is 12.0 Å². The molecule has 1 heterocycles. The molecule has 1 unspecified atom stereocenters. The maximum Gasteiger partial charge on any atom is 0.338 e. The number of carbonyl (C=O) groups is 2. The lowest BCUT2D eigenvalue weighted by atomic mass is 9.94. The molecule has 2 amide bonds. The number of nitrogens with zero attached hydrogens (tertiary/aromatic N) is 1. The molecule has 2 aromatic rings. The summed E-state index contributed by atoms with van der Waals surface area (Å²) in [7, 11) is 0. The SMILES string of the molecule is CC1=C(C(=O)OCC(C)C)C(c2ccc(O)c(O)c2)NC(=O)N1Cc1ccccc1. The summed E-state index contributed by atoms with van der Waals surface area (Å²) in [5, 5.41) is 22.4. The number of allylic oxidation sites excluding steroid dienone is 1. The molecule has 1 aliphatic rings. The third kappa shape index (κ3) is 4.56. The van der Waals surface area contributed by atoms with Gasteiger partial charge in [0.15, 0.2) is 11.5 Å². The van der Waals surface area contributed by atoms with Gasteiger partial charge in [-0.05, 0) is 36.1 Å². The lowest BCUT2D eigenvalue weighted by molar-refractivity contribution is -0.140. The number of hydrogen-bond donors (Lipinski definition) is 3. The molecule has 3 N–H and O–H groups in total. The Morgan fingerprint density at radius 2 is 1.83 bits per heavy atom. The normalized spacial score (nSPS) is 16.6. The van der Waals surface area contributed by atoms with Crippen molar-refractivity contribution < 1.29 is 24.5 Å². The summed E-state index contributed by atoms with van der Waals surface area (Å²) in [6, 6.07) is 12.5. The van der Waals surface area contributed by atoms with Crippen LogP contribution in [0.15, 0.2) is 59.8 Å². The van der Waals surface area contributed by atoms with Crippen LogP contribution in [0.1, 0.15) is 37.9 Å². The van der Waals surface area contributed by atoms with Gasteiger partial charge >= 0.3 is 12.0 Å². The maximum atomic E-state index is 13.0. The number of urea groups is 1. The Kier molecular flexibility index (Phi) is 6.30. The first-order valence-corrected chi connectivity index (χ1v) is 9.79. The van der Waals surface area contributed by atoms with Crippen LogP contribution in [0, 0.1) is 5.92 Å². The molecular formula is C23H26N2O5. The molecule has 2 aromatic carbocycles. The fraction of sp³-hybridized carbons (Fsp3) is 0.304. The molecule has 0 fully saturated rings. The summed E-state index contributed by atoms with van der Waals surface area (Å²) in [6.07, 6.45) is 0. The predicted molar refractivity (Wildman–Crippen MR) is 112 cm³/mol. The van der Waals surface area contributed by atoms with Crippen molar-refractivity contribution in [1.29, 1.82) is 0 Å². The number of ether oxygens (including phenoxy) is 1. The number of rotatable bonds is 6. The molecule has 30 heavy (non-hydrogen) atoms. The van der Waals surface area contributed by atoms with Crippen molar-refractivity contribution in [3.05, 3.63) is 70.9 Å². The minimum Gasteiger partial charge on any atom is -0.504 e. The summed E-state index contributed by atoms with van der Waals surface area (Å²) >= 11 is 0. The van der Waals surface area contributed by atoms with Gasteiger partial charge in [-0.2, -0.15) is 0 Å². The van der Waals surface area contributed by atoms with Gasteiger partial charge in [-0.1, -0.05) is 50.2 Å². The van der Waals surface area contributed by atoms with Crippen LogP contribution in [-0.4, -0.2) is 33.7 Å². The van der Waals surface area contributed by atoms with Crippen LogP contribution < -0.4 is 5.32 Å². The van der Waals surface area contributed by atoms with Gasteiger partial charge in [0.25, 0.3) is 0 Å². The Balaban J connectivity index is 2.02. The van der Waals surface area contributed by atoms with Crippen molar-refractivity contribution in [3.63, 3.8) is 0 Å². The zero-order valence-electron chi connectivity index (χ0n) is 17.3. The average molecular weight is 410 g/mol. The highest BCUT2D eigenvalue weighted by Gasteiger charge is 2.36. The monoisotopic (exact) mass is 410 g/mol. The molecule has 0 aliphatic carbocycles. The van der Waals surface area contributed by atoms with Gasteiger partial charge in [0.2, 0.25) is 0 Å². The Morgan fingerprint density at radius 1 is 1.13 bits per heavy atom. The van der Waals surface area contributed by atoms with E-state index in [2.05, 4.69) is 5.32 Å². The van der Waals surface area contributed by atoms with E-state index in [1.807, 2.05) is 44.2 Å². The van der Waals surface area contributed by atoms with Gasteiger partial charge in [0.05, 0.1) is 24.8 Å². The molecule has 0 spiro atoms. The summed E-state index contributed by atoms with van der Waals surface area (Å²) in [4.78, 5) is 27.4. The standard InChI is InChI=1S/C23H26N2O5/c1-14(2)13-30-22(28)20-15(3)25(12-16-7-5-4-6-8-16)23(29)24-21(20)17-9-10-18(26)19(27)11-17/h4-11,14,21,26-27H,12-13H2,1-3H3,(H,24,29). The fourth-order valence-corrected chi connectivity index (χ4v) is 3.29. The summed E-state index contributed by atoms with van der Waals surface area (Å²) in [5.74, 6) is -0.987. The summed E-state index contributed by atoms with van der Waals surface area (Å²) < 4.78 is 5.47. The second kappa shape index (κ2) is 8.90. The lowest BCUT2D eigenvalue weighted by Gasteiger charge is -2.35. The van der Waals surface area contributed by atoms with Gasteiger partial charge in [-0.15, -0.1) is 0 Å². The Bertz CT molecular complexity index is 969. The number of phenols is 2. The third-order valence-electron chi connectivity index (χ3n) is 4.88. The van der Waals surface area contributed by atoms with E-state index in [0.717, 1.165) is 5.56 Å². The molecule has 1 aliphatic heterocycles. The number of amides is 2. The largest absolute Gasteiger partial charge is 0.504 e. The first kappa shape index (κ1) is 21.2. The van der Waals surface area contributed by atoms with Crippen molar-refractivity contribution in [2.45, 2.75) is 33.4 Å². The van der Waals surface area contributed by atoms with E-state index in [-0.39, 0.29) is 35.6 Å². The summed E-state index contributed by atoms with van der Waals surface area (Å²) in [5.41, 5.74) is 2.15. The molecule has 1 atom stereocenters. The highest BCUT2D eigenvalue weighted by atomic mass is 16.5. The van der Waals surface area contributed by atoms with Gasteiger partial charge in [-0.3, -0.25) is 4.90 Å². The molecule has 0 bridgehead atoms. The third-order valence-corrected chi connectivity index (χ3v) is 4.88. The number of phenolic OH excluding ortho intramolecular Hbond substituents is 2.